The number of esters is 1. The largest absolute Gasteiger partial charge is 0.482 e. The molecule has 4 rings (SSSR count). The van der Waals surface area contributed by atoms with Gasteiger partial charge in [0, 0.05) is 11.8 Å². The standard InChI is InChI=1S/C23H20N2O8S/c1-2-30-21(27)12-31-16-6-3-14(4-7-16)9-19-22(28)25(23(29)34-19)11-20(26)24-15-5-8-17-18(10-15)33-13-32-17/h3-10H,2,11-13H2,1H3,(H,24,26)/b19-9-. The van der Waals surface area contributed by atoms with Crippen molar-refractivity contribution < 1.29 is 38.1 Å². The molecule has 0 spiro atoms. The molecule has 2 aliphatic heterocycles. The minimum atomic E-state index is -0.557. The second kappa shape index (κ2) is 10.3. The van der Waals surface area contributed by atoms with Crippen LogP contribution in [0.15, 0.2) is 47.4 Å². The van der Waals surface area contributed by atoms with E-state index in [1.54, 1.807) is 55.5 Å². The van der Waals surface area contributed by atoms with Crippen molar-refractivity contribution >= 4 is 46.5 Å². The molecule has 2 aromatic rings. The first-order valence-electron chi connectivity index (χ1n) is 10.3. The number of benzene rings is 2. The molecule has 1 N–H and O–H groups in total. The lowest BCUT2D eigenvalue weighted by Gasteiger charge is -2.12. The average Bonchev–Trinajstić information content (AvgIpc) is 3.38. The molecule has 1 saturated heterocycles. The van der Waals surface area contributed by atoms with E-state index in [4.69, 9.17) is 18.9 Å². The lowest BCUT2D eigenvalue weighted by Crippen LogP contribution is -2.36. The zero-order valence-electron chi connectivity index (χ0n) is 18.1. The second-order valence-corrected chi connectivity index (χ2v) is 8.04. The third-order valence-electron chi connectivity index (χ3n) is 4.67. The number of hydrogen-bond acceptors (Lipinski definition) is 9. The number of fused-ring (bicyclic) bond motifs is 1. The zero-order chi connectivity index (χ0) is 24.1. The maximum atomic E-state index is 12.7. The predicted octanol–water partition coefficient (Wildman–Crippen LogP) is 3.03. The molecule has 176 valence electrons. The van der Waals surface area contributed by atoms with Crippen molar-refractivity contribution in [1.82, 2.24) is 4.90 Å². The highest BCUT2D eigenvalue weighted by atomic mass is 32.2. The van der Waals surface area contributed by atoms with Gasteiger partial charge in [-0.15, -0.1) is 0 Å². The van der Waals surface area contributed by atoms with Crippen LogP contribution in [0.4, 0.5) is 10.5 Å². The molecule has 0 atom stereocenters. The van der Waals surface area contributed by atoms with Gasteiger partial charge in [-0.3, -0.25) is 19.3 Å². The smallest absolute Gasteiger partial charge is 0.344 e. The summed E-state index contributed by atoms with van der Waals surface area (Å²) >= 11 is 0.755. The van der Waals surface area contributed by atoms with Crippen molar-refractivity contribution in [3.05, 3.63) is 52.9 Å². The Morgan fingerprint density at radius 1 is 1.12 bits per heavy atom. The Labute approximate surface area is 198 Å². The number of imide groups is 1. The topological polar surface area (TPSA) is 120 Å². The van der Waals surface area contributed by atoms with E-state index in [1.807, 2.05) is 0 Å². The maximum absolute atomic E-state index is 12.7. The summed E-state index contributed by atoms with van der Waals surface area (Å²) in [6, 6.07) is 11.5. The van der Waals surface area contributed by atoms with E-state index in [0.29, 0.717) is 28.5 Å². The van der Waals surface area contributed by atoms with Crippen LogP contribution in [0.3, 0.4) is 0 Å². The number of hydrogen-bond donors (Lipinski definition) is 1. The normalized spacial score (nSPS) is 15.6. The number of nitrogens with one attached hydrogen (secondary N) is 1. The molecule has 0 aromatic heterocycles. The van der Waals surface area contributed by atoms with Gasteiger partial charge in [0.2, 0.25) is 12.7 Å². The molecule has 10 nitrogen and oxygen atoms in total. The molecule has 2 heterocycles. The van der Waals surface area contributed by atoms with Crippen molar-refractivity contribution in [3.63, 3.8) is 0 Å². The Hall–Kier alpha value is -3.99. The number of rotatable bonds is 8. The summed E-state index contributed by atoms with van der Waals surface area (Å²) in [5, 5.41) is 2.11. The van der Waals surface area contributed by atoms with E-state index >= 15 is 0 Å². The second-order valence-electron chi connectivity index (χ2n) is 7.05. The zero-order valence-corrected chi connectivity index (χ0v) is 18.9. The molecule has 34 heavy (non-hydrogen) atoms. The van der Waals surface area contributed by atoms with Crippen LogP contribution in [0.25, 0.3) is 6.08 Å². The monoisotopic (exact) mass is 484 g/mol. The molecule has 0 unspecified atom stereocenters. The fourth-order valence-electron chi connectivity index (χ4n) is 3.11. The summed E-state index contributed by atoms with van der Waals surface area (Å²) in [7, 11) is 0. The molecule has 1 fully saturated rings. The first-order valence-corrected chi connectivity index (χ1v) is 11.1. The Bertz CT molecular complexity index is 1160. The van der Waals surface area contributed by atoms with Crippen LogP contribution in [-0.4, -0.2) is 54.5 Å². The summed E-state index contributed by atoms with van der Waals surface area (Å²) in [6.07, 6.45) is 1.55. The molecule has 0 aliphatic carbocycles. The summed E-state index contributed by atoms with van der Waals surface area (Å²) in [5.74, 6) is -0.0119. The molecule has 0 radical (unpaired) electrons. The van der Waals surface area contributed by atoms with Crippen LogP contribution in [0, 0.1) is 0 Å². The average molecular weight is 484 g/mol. The number of thioether (sulfide) groups is 1. The number of ether oxygens (including phenoxy) is 4. The van der Waals surface area contributed by atoms with Crippen molar-refractivity contribution in [2.75, 3.05) is 31.9 Å². The third-order valence-corrected chi connectivity index (χ3v) is 5.58. The van der Waals surface area contributed by atoms with Gasteiger partial charge in [-0.1, -0.05) is 12.1 Å². The minimum absolute atomic E-state index is 0.110. The van der Waals surface area contributed by atoms with Gasteiger partial charge >= 0.3 is 5.97 Å². The Morgan fingerprint density at radius 2 is 1.88 bits per heavy atom. The van der Waals surface area contributed by atoms with Gasteiger partial charge in [0.15, 0.2) is 18.1 Å². The van der Waals surface area contributed by atoms with E-state index in [-0.39, 0.29) is 24.9 Å². The quantitative estimate of drug-likeness (QED) is 0.445. The van der Waals surface area contributed by atoms with Crippen LogP contribution in [0.1, 0.15) is 12.5 Å². The third kappa shape index (κ3) is 5.49. The highest BCUT2D eigenvalue weighted by molar-refractivity contribution is 8.18. The van der Waals surface area contributed by atoms with Gasteiger partial charge in [0.25, 0.3) is 11.1 Å². The fraction of sp³-hybridized carbons (Fsp3) is 0.217. The Morgan fingerprint density at radius 3 is 2.65 bits per heavy atom. The van der Waals surface area contributed by atoms with Crippen molar-refractivity contribution in [2.45, 2.75) is 6.92 Å². The lowest BCUT2D eigenvalue weighted by molar-refractivity contribution is -0.145. The number of anilines is 1. The van der Waals surface area contributed by atoms with Crippen molar-refractivity contribution in [3.8, 4) is 17.2 Å². The van der Waals surface area contributed by atoms with Gasteiger partial charge in [-0.2, -0.15) is 0 Å². The first-order chi connectivity index (χ1) is 16.4. The molecule has 0 saturated carbocycles. The van der Waals surface area contributed by atoms with Gasteiger partial charge in [-0.05, 0) is 54.6 Å². The van der Waals surface area contributed by atoms with Crippen LogP contribution >= 0.6 is 11.8 Å². The summed E-state index contributed by atoms with van der Waals surface area (Å²) in [6.45, 7) is 1.47. The highest BCUT2D eigenvalue weighted by Gasteiger charge is 2.36. The molecule has 2 aliphatic rings. The van der Waals surface area contributed by atoms with Crippen LogP contribution < -0.4 is 19.5 Å². The maximum Gasteiger partial charge on any atom is 0.344 e. The van der Waals surface area contributed by atoms with Crippen molar-refractivity contribution in [1.29, 1.82) is 0 Å². The number of carbonyl (C=O) groups excluding carboxylic acids is 4. The van der Waals surface area contributed by atoms with Gasteiger partial charge in [0.05, 0.1) is 11.5 Å². The minimum Gasteiger partial charge on any atom is -0.482 e. The van der Waals surface area contributed by atoms with Crippen molar-refractivity contribution in [2.24, 2.45) is 0 Å². The van der Waals surface area contributed by atoms with Crippen LogP contribution in [0.5, 0.6) is 17.2 Å². The molecule has 2 aromatic carbocycles. The number of carbonyl (C=O) groups is 4. The Kier molecular flexibility index (Phi) is 7.02. The molecule has 3 amide bonds. The first kappa shape index (κ1) is 23.2. The van der Waals surface area contributed by atoms with E-state index in [1.165, 1.54) is 0 Å². The SMILES string of the molecule is CCOC(=O)COc1ccc(/C=C2\SC(=O)N(CC(=O)Nc3ccc4c(c3)OCO4)C2=O)cc1. The Balaban J connectivity index is 1.34. The molecular formula is C23H20N2O8S. The van der Waals surface area contributed by atoms with E-state index in [2.05, 4.69) is 5.32 Å². The molecule has 11 heteroatoms. The summed E-state index contributed by atoms with van der Waals surface area (Å²) in [4.78, 5) is 49.9. The van der Waals surface area contributed by atoms with Crippen LogP contribution in [-0.2, 0) is 19.1 Å². The van der Waals surface area contributed by atoms with E-state index in [0.717, 1.165) is 16.7 Å². The van der Waals surface area contributed by atoms with E-state index < -0.39 is 29.6 Å². The van der Waals surface area contributed by atoms with Gasteiger partial charge < -0.3 is 24.3 Å². The number of nitrogens with zero attached hydrogens (tertiary/aromatic N) is 1. The van der Waals surface area contributed by atoms with Gasteiger partial charge in [-0.25, -0.2) is 4.79 Å². The number of amides is 3. The predicted molar refractivity (Wildman–Crippen MR) is 122 cm³/mol. The lowest BCUT2D eigenvalue weighted by atomic mass is 10.2. The van der Waals surface area contributed by atoms with E-state index in [9.17, 15) is 19.2 Å². The summed E-state index contributed by atoms with van der Waals surface area (Å²) < 4.78 is 20.6. The molecule has 0 bridgehead atoms. The van der Waals surface area contributed by atoms with Gasteiger partial charge in [0.1, 0.15) is 12.3 Å². The van der Waals surface area contributed by atoms with Crippen LogP contribution in [0.2, 0.25) is 0 Å². The highest BCUT2D eigenvalue weighted by Crippen LogP contribution is 2.35. The summed E-state index contributed by atoms with van der Waals surface area (Å²) in [5.41, 5.74) is 1.11. The fourth-order valence-corrected chi connectivity index (χ4v) is 3.95. The molecular weight excluding hydrogens is 464 g/mol.